The summed E-state index contributed by atoms with van der Waals surface area (Å²) in [5.74, 6) is 0.0223. The normalized spacial score (nSPS) is 13.0. The second-order valence-electron chi connectivity index (χ2n) is 3.14. The predicted octanol–water partition coefficient (Wildman–Crippen LogP) is 2.08. The topological polar surface area (TPSA) is 43.4 Å². The average Bonchev–Trinajstić information content (AvgIpc) is 2.38. The summed E-state index contributed by atoms with van der Waals surface area (Å²) in [5.41, 5.74) is 0. The minimum Gasteiger partial charge on any atom is -0.466 e. The molecule has 0 N–H and O–H groups in total. The van der Waals surface area contributed by atoms with Crippen molar-refractivity contribution in [3.8, 4) is 0 Å². The zero-order chi connectivity index (χ0) is 12.5. The number of esters is 1. The number of ether oxygens (including phenoxy) is 1. The summed E-state index contributed by atoms with van der Waals surface area (Å²) < 4.78 is 16.2. The minimum atomic E-state index is -1.04. The lowest BCUT2D eigenvalue weighted by Crippen LogP contribution is -1.94. The molecule has 0 aliphatic rings. The van der Waals surface area contributed by atoms with E-state index in [0.29, 0.717) is 5.75 Å². The van der Waals surface area contributed by atoms with E-state index in [1.807, 2.05) is 30.3 Å². The quantitative estimate of drug-likeness (QED) is 0.456. The fourth-order valence-electron chi connectivity index (χ4n) is 1.09. The lowest BCUT2D eigenvalue weighted by Gasteiger charge is -1.96. The van der Waals surface area contributed by atoms with Crippen LogP contribution in [0.25, 0.3) is 0 Å². The van der Waals surface area contributed by atoms with Gasteiger partial charge in [-0.05, 0) is 12.1 Å². The highest BCUT2D eigenvalue weighted by Crippen LogP contribution is 2.05. The molecule has 1 aromatic rings. The molecule has 0 aromatic heterocycles. The van der Waals surface area contributed by atoms with Crippen LogP contribution in [0.5, 0.6) is 0 Å². The summed E-state index contributed by atoms with van der Waals surface area (Å²) in [6.07, 6.45) is 6.30. The lowest BCUT2D eigenvalue weighted by atomic mass is 10.4. The van der Waals surface area contributed by atoms with Crippen LogP contribution in [-0.4, -0.2) is 23.0 Å². The van der Waals surface area contributed by atoms with Gasteiger partial charge < -0.3 is 4.74 Å². The first-order valence-electron chi connectivity index (χ1n) is 5.08. The maximum absolute atomic E-state index is 11.7. The highest BCUT2D eigenvalue weighted by Gasteiger charge is 1.98. The third kappa shape index (κ3) is 5.26. The fourth-order valence-corrected chi connectivity index (χ4v) is 2.03. The second kappa shape index (κ2) is 7.57. The predicted molar refractivity (Wildman–Crippen MR) is 68.0 cm³/mol. The van der Waals surface area contributed by atoms with Gasteiger partial charge in [-0.1, -0.05) is 36.4 Å². The van der Waals surface area contributed by atoms with Gasteiger partial charge in [-0.15, -0.1) is 0 Å². The molecule has 90 valence electrons. The monoisotopic (exact) mass is 250 g/mol. The van der Waals surface area contributed by atoms with E-state index in [4.69, 9.17) is 0 Å². The number of hydrogen-bond acceptors (Lipinski definition) is 3. The van der Waals surface area contributed by atoms with Crippen LogP contribution in [0.15, 0.2) is 59.5 Å². The summed E-state index contributed by atoms with van der Waals surface area (Å²) in [4.78, 5) is 11.5. The third-order valence-electron chi connectivity index (χ3n) is 1.93. The Labute approximate surface area is 103 Å². The van der Waals surface area contributed by atoms with E-state index in [1.165, 1.54) is 13.2 Å². The van der Waals surface area contributed by atoms with E-state index < -0.39 is 16.8 Å². The van der Waals surface area contributed by atoms with Gasteiger partial charge in [0.2, 0.25) is 0 Å². The molecule has 0 bridgehead atoms. The second-order valence-corrected chi connectivity index (χ2v) is 4.63. The van der Waals surface area contributed by atoms with Gasteiger partial charge in [0.25, 0.3) is 0 Å². The molecule has 1 aromatic carbocycles. The van der Waals surface area contributed by atoms with Gasteiger partial charge in [0.05, 0.1) is 17.9 Å². The van der Waals surface area contributed by atoms with Crippen molar-refractivity contribution in [3.63, 3.8) is 0 Å². The molecule has 0 aliphatic heterocycles. The Morgan fingerprint density at radius 3 is 2.65 bits per heavy atom. The van der Waals surface area contributed by atoms with Crippen molar-refractivity contribution in [1.82, 2.24) is 0 Å². The molecule has 0 aliphatic carbocycles. The maximum atomic E-state index is 11.7. The summed E-state index contributed by atoms with van der Waals surface area (Å²) in [5, 5.41) is 0. The molecule has 0 fully saturated rings. The number of benzene rings is 1. The largest absolute Gasteiger partial charge is 0.466 e. The molecular weight excluding hydrogens is 236 g/mol. The van der Waals surface area contributed by atoms with E-state index in [-0.39, 0.29) is 0 Å². The van der Waals surface area contributed by atoms with Crippen LogP contribution in [0, 0.1) is 0 Å². The highest BCUT2D eigenvalue weighted by atomic mass is 32.2. The molecule has 0 saturated heterocycles. The first-order valence-corrected chi connectivity index (χ1v) is 6.40. The Morgan fingerprint density at radius 2 is 2.00 bits per heavy atom. The van der Waals surface area contributed by atoms with Crippen molar-refractivity contribution in [2.24, 2.45) is 0 Å². The van der Waals surface area contributed by atoms with Gasteiger partial charge in [0, 0.05) is 16.7 Å². The Bertz CT molecular complexity index is 435. The van der Waals surface area contributed by atoms with Crippen LogP contribution in [0.1, 0.15) is 0 Å². The molecule has 0 spiro atoms. The smallest absolute Gasteiger partial charge is 0.330 e. The molecule has 17 heavy (non-hydrogen) atoms. The number of hydrogen-bond donors (Lipinski definition) is 0. The molecule has 1 rings (SSSR count). The third-order valence-corrected chi connectivity index (χ3v) is 3.23. The SMILES string of the molecule is COC(=O)/C=C/C=C/C[S@@](=O)c1ccccc1. The zero-order valence-corrected chi connectivity index (χ0v) is 10.4. The Balaban J connectivity index is 2.41. The Kier molecular flexibility index (Phi) is 5.96. The average molecular weight is 250 g/mol. The maximum Gasteiger partial charge on any atom is 0.330 e. The van der Waals surface area contributed by atoms with Crippen molar-refractivity contribution in [3.05, 3.63) is 54.6 Å². The van der Waals surface area contributed by atoms with E-state index in [2.05, 4.69) is 4.74 Å². The molecule has 0 saturated carbocycles. The van der Waals surface area contributed by atoms with Crippen LogP contribution in [0.2, 0.25) is 0 Å². The number of carbonyl (C=O) groups is 1. The first-order chi connectivity index (χ1) is 8.24. The van der Waals surface area contributed by atoms with Gasteiger partial charge >= 0.3 is 5.97 Å². The number of carbonyl (C=O) groups excluding carboxylic acids is 1. The van der Waals surface area contributed by atoms with Gasteiger partial charge in [0.1, 0.15) is 0 Å². The van der Waals surface area contributed by atoms with Crippen molar-refractivity contribution < 1.29 is 13.7 Å². The fraction of sp³-hybridized carbons (Fsp3) is 0.154. The van der Waals surface area contributed by atoms with Gasteiger partial charge in [0.15, 0.2) is 0 Å². The van der Waals surface area contributed by atoms with E-state index >= 15 is 0 Å². The van der Waals surface area contributed by atoms with Crippen LogP contribution >= 0.6 is 0 Å². The molecule has 1 atom stereocenters. The standard InChI is InChI=1S/C13H14O3S/c1-16-13(14)10-6-3-7-11-17(15)12-8-4-2-5-9-12/h2-10H,11H2,1H3/b7-3+,10-6+/t17-/m1/s1. The summed E-state index contributed by atoms with van der Waals surface area (Å²) in [6.45, 7) is 0. The number of methoxy groups -OCH3 is 1. The molecule has 0 unspecified atom stereocenters. The molecule has 0 amide bonds. The van der Waals surface area contributed by atoms with Gasteiger partial charge in [-0.2, -0.15) is 0 Å². The van der Waals surface area contributed by atoms with Crippen LogP contribution in [-0.2, 0) is 20.3 Å². The van der Waals surface area contributed by atoms with E-state index in [1.54, 1.807) is 18.2 Å². The molecule has 0 radical (unpaired) electrons. The summed E-state index contributed by atoms with van der Waals surface area (Å²) in [7, 11) is 0.284. The minimum absolute atomic E-state index is 0.404. The summed E-state index contributed by atoms with van der Waals surface area (Å²) in [6, 6.07) is 9.25. The number of allylic oxidation sites excluding steroid dienone is 2. The van der Waals surface area contributed by atoms with Crippen LogP contribution in [0.3, 0.4) is 0 Å². The molecule has 0 heterocycles. The lowest BCUT2D eigenvalue weighted by molar-refractivity contribution is -0.134. The Hall–Kier alpha value is -1.68. The van der Waals surface area contributed by atoms with Gasteiger partial charge in [-0.3, -0.25) is 4.21 Å². The Morgan fingerprint density at radius 1 is 1.29 bits per heavy atom. The highest BCUT2D eigenvalue weighted by molar-refractivity contribution is 7.85. The summed E-state index contributed by atoms with van der Waals surface area (Å²) >= 11 is 0. The number of rotatable bonds is 5. The van der Waals surface area contributed by atoms with Crippen LogP contribution in [0.4, 0.5) is 0 Å². The zero-order valence-electron chi connectivity index (χ0n) is 9.54. The molecule has 3 nitrogen and oxygen atoms in total. The van der Waals surface area contributed by atoms with E-state index in [0.717, 1.165) is 4.90 Å². The molecule has 4 heteroatoms. The van der Waals surface area contributed by atoms with E-state index in [9.17, 15) is 9.00 Å². The van der Waals surface area contributed by atoms with Crippen molar-refractivity contribution in [2.45, 2.75) is 4.90 Å². The van der Waals surface area contributed by atoms with Crippen molar-refractivity contribution >= 4 is 16.8 Å². The van der Waals surface area contributed by atoms with Crippen LogP contribution < -0.4 is 0 Å². The van der Waals surface area contributed by atoms with Gasteiger partial charge in [-0.25, -0.2) is 4.79 Å². The first kappa shape index (κ1) is 13.4. The molecular formula is C13H14O3S. The van der Waals surface area contributed by atoms with Crippen molar-refractivity contribution in [2.75, 3.05) is 12.9 Å². The van der Waals surface area contributed by atoms with Crippen molar-refractivity contribution in [1.29, 1.82) is 0 Å².